The molecule has 0 radical (unpaired) electrons. The quantitative estimate of drug-likeness (QED) is 0.617. The van der Waals surface area contributed by atoms with Crippen LogP contribution in [0.5, 0.6) is 5.75 Å². The van der Waals surface area contributed by atoms with E-state index >= 15 is 0 Å². The van der Waals surface area contributed by atoms with Gasteiger partial charge >= 0.3 is 8.69 Å². The fourth-order valence-corrected chi connectivity index (χ4v) is 0.766. The van der Waals surface area contributed by atoms with Crippen molar-refractivity contribution in [1.82, 2.24) is 0 Å². The van der Waals surface area contributed by atoms with Crippen LogP contribution in [0, 0.1) is 5.82 Å². The zero-order valence-electron chi connectivity index (χ0n) is 4.95. The predicted molar refractivity (Wildman–Crippen MR) is 34.6 cm³/mol. The Labute approximate surface area is 58.9 Å². The molecule has 1 aromatic rings. The lowest BCUT2D eigenvalue weighted by Gasteiger charge is -1.93. The van der Waals surface area contributed by atoms with Crippen molar-refractivity contribution in [2.75, 3.05) is 0 Å². The van der Waals surface area contributed by atoms with Gasteiger partial charge in [-0.2, -0.15) is 0 Å². The normalized spacial score (nSPS) is 9.70. The largest absolute Gasteiger partial charge is 0.408 e. The highest BCUT2D eigenvalue weighted by molar-refractivity contribution is 7.17. The van der Waals surface area contributed by atoms with E-state index in [1.54, 1.807) is 0 Å². The van der Waals surface area contributed by atoms with Crippen LogP contribution >= 0.6 is 8.69 Å². The van der Waals surface area contributed by atoms with Gasteiger partial charge in [-0.15, -0.1) is 0 Å². The summed E-state index contributed by atoms with van der Waals surface area (Å²) in [5, 5.41) is 0. The number of halogens is 1. The summed E-state index contributed by atoms with van der Waals surface area (Å²) < 4.78 is 26.6. The zero-order chi connectivity index (χ0) is 7.40. The molecule has 1 aromatic carbocycles. The SMILES string of the molecule is O=POc1cccc(F)c1. The Kier molecular flexibility index (Phi) is 2.35. The lowest BCUT2D eigenvalue weighted by molar-refractivity contribution is 0.521. The van der Waals surface area contributed by atoms with Crippen molar-refractivity contribution >= 4 is 8.69 Å². The van der Waals surface area contributed by atoms with Crippen molar-refractivity contribution in [3.63, 3.8) is 0 Å². The van der Waals surface area contributed by atoms with Gasteiger partial charge in [-0.25, -0.2) is 8.96 Å². The van der Waals surface area contributed by atoms with E-state index in [1.165, 1.54) is 18.2 Å². The molecule has 52 valence electrons. The minimum absolute atomic E-state index is 0.261. The van der Waals surface area contributed by atoms with E-state index in [1.807, 2.05) is 0 Å². The minimum atomic E-state index is -0.469. The molecule has 0 fully saturated rings. The fourth-order valence-electron chi connectivity index (χ4n) is 0.567. The van der Waals surface area contributed by atoms with Crippen molar-refractivity contribution in [2.24, 2.45) is 0 Å². The Morgan fingerprint density at radius 3 is 2.90 bits per heavy atom. The van der Waals surface area contributed by atoms with Crippen LogP contribution in [0.25, 0.3) is 0 Å². The third-order valence-electron chi connectivity index (χ3n) is 0.939. The molecule has 0 heterocycles. The van der Waals surface area contributed by atoms with Crippen molar-refractivity contribution in [1.29, 1.82) is 0 Å². The van der Waals surface area contributed by atoms with Gasteiger partial charge in [0.2, 0.25) is 0 Å². The number of hydrogen-bond donors (Lipinski definition) is 0. The standard InChI is InChI=1S/C6H4FO2P/c7-5-2-1-3-6(4-5)9-10-8/h1-4H. The lowest BCUT2D eigenvalue weighted by atomic mass is 10.3. The Morgan fingerprint density at radius 2 is 2.30 bits per heavy atom. The summed E-state index contributed by atoms with van der Waals surface area (Å²) in [6.45, 7) is 0. The van der Waals surface area contributed by atoms with Crippen LogP contribution in [0.3, 0.4) is 0 Å². The van der Waals surface area contributed by atoms with Crippen LogP contribution in [0.4, 0.5) is 4.39 Å². The Morgan fingerprint density at radius 1 is 1.50 bits per heavy atom. The lowest BCUT2D eigenvalue weighted by Crippen LogP contribution is -1.76. The molecular weight excluding hydrogens is 154 g/mol. The van der Waals surface area contributed by atoms with Gasteiger partial charge in [-0.1, -0.05) is 6.07 Å². The second-order valence-electron chi connectivity index (χ2n) is 1.62. The first kappa shape index (κ1) is 7.16. The van der Waals surface area contributed by atoms with Crippen LogP contribution < -0.4 is 4.52 Å². The molecule has 0 aliphatic heterocycles. The van der Waals surface area contributed by atoms with E-state index in [4.69, 9.17) is 0 Å². The van der Waals surface area contributed by atoms with Crippen LogP contribution in [0.15, 0.2) is 24.3 Å². The van der Waals surface area contributed by atoms with Gasteiger partial charge in [0.05, 0.1) is 0 Å². The maximum Gasteiger partial charge on any atom is 0.395 e. The van der Waals surface area contributed by atoms with E-state index < -0.39 is 14.5 Å². The van der Waals surface area contributed by atoms with Crippen LogP contribution in [0.1, 0.15) is 0 Å². The molecule has 0 aliphatic carbocycles. The molecule has 0 N–H and O–H groups in total. The first-order valence-corrected chi connectivity index (χ1v) is 3.31. The van der Waals surface area contributed by atoms with E-state index in [2.05, 4.69) is 4.52 Å². The topological polar surface area (TPSA) is 26.3 Å². The Hall–Kier alpha value is -0.950. The zero-order valence-corrected chi connectivity index (χ0v) is 5.85. The summed E-state index contributed by atoms with van der Waals surface area (Å²) in [4.78, 5) is 0. The van der Waals surface area contributed by atoms with Gasteiger partial charge < -0.3 is 4.52 Å². The molecule has 0 aromatic heterocycles. The number of benzene rings is 1. The molecule has 0 unspecified atom stereocenters. The van der Waals surface area contributed by atoms with Gasteiger partial charge in [0.25, 0.3) is 0 Å². The summed E-state index contributed by atoms with van der Waals surface area (Å²) in [6, 6.07) is 5.45. The molecule has 0 bridgehead atoms. The van der Waals surface area contributed by atoms with Crippen molar-refractivity contribution < 1.29 is 13.5 Å². The van der Waals surface area contributed by atoms with Crippen LogP contribution in [0.2, 0.25) is 0 Å². The molecule has 2 nitrogen and oxygen atoms in total. The summed E-state index contributed by atoms with van der Waals surface area (Å²) in [7, 11) is -0.469. The average molecular weight is 158 g/mol. The van der Waals surface area contributed by atoms with E-state index in [-0.39, 0.29) is 5.75 Å². The first-order valence-electron chi connectivity index (χ1n) is 2.58. The average Bonchev–Trinajstić information content (AvgIpc) is 1.88. The predicted octanol–water partition coefficient (Wildman–Crippen LogP) is 2.41. The highest BCUT2D eigenvalue weighted by Crippen LogP contribution is 2.15. The van der Waals surface area contributed by atoms with Crippen molar-refractivity contribution in [3.05, 3.63) is 30.1 Å². The van der Waals surface area contributed by atoms with E-state index in [9.17, 15) is 8.96 Å². The monoisotopic (exact) mass is 158 g/mol. The number of hydrogen-bond acceptors (Lipinski definition) is 2. The third kappa shape index (κ3) is 1.78. The maximum absolute atomic E-state index is 12.3. The Balaban J connectivity index is 2.84. The highest BCUT2D eigenvalue weighted by atomic mass is 31.1. The summed E-state index contributed by atoms with van der Waals surface area (Å²) in [5.41, 5.74) is 0. The Bertz CT molecular complexity index is 239. The molecule has 0 atom stereocenters. The number of rotatable bonds is 2. The summed E-state index contributed by atoms with van der Waals surface area (Å²) >= 11 is 0. The van der Waals surface area contributed by atoms with Crippen LogP contribution in [-0.2, 0) is 4.57 Å². The molecule has 4 heteroatoms. The highest BCUT2D eigenvalue weighted by Gasteiger charge is 1.93. The van der Waals surface area contributed by atoms with Gasteiger partial charge in [-0.3, -0.25) is 0 Å². The molecule has 0 saturated heterocycles. The first-order chi connectivity index (χ1) is 4.83. The van der Waals surface area contributed by atoms with E-state index in [0.717, 1.165) is 6.07 Å². The smallest absolute Gasteiger partial charge is 0.395 e. The molecule has 0 saturated carbocycles. The molecule has 0 spiro atoms. The molecule has 0 amide bonds. The molecule has 10 heavy (non-hydrogen) atoms. The fraction of sp³-hybridized carbons (Fsp3) is 0. The van der Waals surface area contributed by atoms with Gasteiger partial charge in [-0.05, 0) is 12.1 Å². The van der Waals surface area contributed by atoms with Crippen molar-refractivity contribution in [2.45, 2.75) is 0 Å². The van der Waals surface area contributed by atoms with Crippen LogP contribution in [-0.4, -0.2) is 0 Å². The van der Waals surface area contributed by atoms with Gasteiger partial charge in [0.1, 0.15) is 11.6 Å². The van der Waals surface area contributed by atoms with Crippen molar-refractivity contribution in [3.8, 4) is 5.75 Å². The second-order valence-corrected chi connectivity index (χ2v) is 1.95. The minimum Gasteiger partial charge on any atom is -0.408 e. The van der Waals surface area contributed by atoms with Gasteiger partial charge in [0, 0.05) is 6.07 Å². The molecule has 1 rings (SSSR count). The summed E-state index contributed by atoms with van der Waals surface area (Å²) in [6.07, 6.45) is 0. The molecule has 0 aliphatic rings. The second kappa shape index (κ2) is 3.28. The maximum atomic E-state index is 12.3. The van der Waals surface area contributed by atoms with E-state index in [0.29, 0.717) is 0 Å². The third-order valence-corrected chi connectivity index (χ3v) is 1.22. The van der Waals surface area contributed by atoms with Gasteiger partial charge in [0.15, 0.2) is 0 Å². The summed E-state index contributed by atoms with van der Waals surface area (Å²) in [5.74, 6) is -0.141. The molecular formula is C6H4FO2P.